The van der Waals surface area contributed by atoms with Crippen LogP contribution in [0.25, 0.3) is 0 Å². The first-order chi connectivity index (χ1) is 36.2. The zero-order chi connectivity index (χ0) is 58.5. The van der Waals surface area contributed by atoms with Crippen LogP contribution in [0.4, 0.5) is 9.59 Å². The van der Waals surface area contributed by atoms with Gasteiger partial charge in [-0.3, -0.25) is 9.59 Å². The Morgan fingerprint density at radius 2 is 0.738 bits per heavy atom. The van der Waals surface area contributed by atoms with Crippen LogP contribution >= 0.6 is 94.1 Å². The standard InChI is InChI=1S/2C13H25N3O5SSi.6C3H8OS.H2O.3Ti/c2*17-11(14-6-7-23(19,20)21)5-3-1-2-4-10-12-9(8-22-10)15-13(18)16-12;6*1-5-3-2-4;;;;/h2*9-10,12,19-21H,1-8H2,(H,14,17)(H2,15,16,18);6*4H,2-3H2,1H3;1H2;;;. The summed E-state index contributed by atoms with van der Waals surface area (Å²) in [6.07, 6.45) is 20.2. The molecule has 6 amide bonds. The summed E-state index contributed by atoms with van der Waals surface area (Å²) in [5, 5.41) is 66.1. The molecule has 0 aliphatic carbocycles. The summed E-state index contributed by atoms with van der Waals surface area (Å²) in [5.74, 6) is 6.82. The van der Waals surface area contributed by atoms with Crippen molar-refractivity contribution in [3.05, 3.63) is 0 Å². The molecule has 0 spiro atoms. The monoisotopic (exact) mass is 1440 g/mol. The van der Waals surface area contributed by atoms with E-state index in [2.05, 4.69) is 31.9 Å². The quantitative estimate of drug-likeness (QED) is 0.0245. The third-order valence-corrected chi connectivity index (χ3v) is 18.4. The van der Waals surface area contributed by atoms with E-state index in [1.165, 1.54) is 0 Å². The van der Waals surface area contributed by atoms with E-state index in [1.807, 2.05) is 61.1 Å². The van der Waals surface area contributed by atoms with Gasteiger partial charge in [-0.05, 0) is 63.2 Å². The van der Waals surface area contributed by atoms with Gasteiger partial charge in [-0.25, -0.2) is 9.59 Å². The number of carbonyl (C=O) groups excluding carboxylic acids is 4. The van der Waals surface area contributed by atoms with Gasteiger partial charge >= 0.3 is 29.7 Å². The predicted molar refractivity (Wildman–Crippen MR) is 334 cm³/mol. The Bertz CT molecular complexity index is 1240. The Morgan fingerprint density at radius 3 is 0.950 bits per heavy atom. The van der Waals surface area contributed by atoms with Crippen LogP contribution in [-0.2, 0) is 74.7 Å². The van der Waals surface area contributed by atoms with Gasteiger partial charge in [-0.2, -0.15) is 94.1 Å². The first kappa shape index (κ1) is 98.6. The van der Waals surface area contributed by atoms with Crippen molar-refractivity contribution in [1.29, 1.82) is 0 Å². The topological polar surface area (TPSA) is 415 Å². The second-order valence-electron chi connectivity index (χ2n) is 16.5. The number of rotatable bonds is 30. The molecule has 36 heteroatoms. The third kappa shape index (κ3) is 67.8. The van der Waals surface area contributed by atoms with Gasteiger partial charge in [0.1, 0.15) is 0 Å². The Kier molecular flexibility index (Phi) is 86.8. The fraction of sp³-hybridized carbons (Fsp3) is 0.909. The van der Waals surface area contributed by atoms with Crippen molar-refractivity contribution in [2.45, 2.75) is 111 Å². The van der Waals surface area contributed by atoms with Gasteiger partial charge in [0.2, 0.25) is 11.8 Å². The Morgan fingerprint density at radius 1 is 0.475 bits per heavy atom. The van der Waals surface area contributed by atoms with E-state index in [0.717, 1.165) is 97.4 Å². The number of unbranched alkanes of at least 4 members (excludes halogenated alkanes) is 4. The summed E-state index contributed by atoms with van der Waals surface area (Å²) in [5.41, 5.74) is 0. The molecule has 6 atom stereocenters. The number of hydrogen-bond acceptors (Lipinski definition) is 24. The third-order valence-electron chi connectivity index (χ3n) is 10.00. The number of aliphatic hydroxyl groups excluding tert-OH is 6. The molecule has 476 valence electrons. The molecule has 0 radical (unpaired) electrons. The molecule has 6 unspecified atom stereocenters. The maximum atomic E-state index is 11.5. The average Bonchev–Trinajstić information content (AvgIpc) is 4.13. The zero-order valence-electron chi connectivity index (χ0n) is 47.5. The second kappa shape index (κ2) is 70.4. The molecule has 0 bridgehead atoms. The average molecular weight is 1440 g/mol. The normalized spacial score (nSPS) is 18.4. The SMILES string of the molecule is CSCCO.CSCCO.CSCCO.CSCCO.CSCCO.CSCCO.O.O=C(CCCCCC1SCC2NC(=O)NC21)NCC[Si](O)(O)O.O=C(CCCCCC1SCC2NC(=O)NC21)NCC[Si](O)(O)O.[Ti].[Ti].[Ti]. The Hall–Kier alpha value is 2.34. The molecular weight excluding hydrogens is 1340 g/mol. The minimum absolute atomic E-state index is 0. The second-order valence-corrected chi connectivity index (χ2v) is 29.0. The molecule has 23 nitrogen and oxygen atoms in total. The first-order valence-electron chi connectivity index (χ1n) is 25.0. The maximum absolute atomic E-state index is 11.5. The minimum Gasteiger partial charge on any atom is -0.412 e. The number of urea groups is 2. The van der Waals surface area contributed by atoms with Gasteiger partial charge in [0.15, 0.2) is 0 Å². The van der Waals surface area contributed by atoms with E-state index in [0.29, 0.717) is 63.0 Å². The van der Waals surface area contributed by atoms with Gasteiger partial charge < -0.3 is 96.8 Å². The summed E-state index contributed by atoms with van der Waals surface area (Å²) >= 11 is 13.7. The van der Waals surface area contributed by atoms with Crippen molar-refractivity contribution in [1.82, 2.24) is 31.9 Å². The van der Waals surface area contributed by atoms with Crippen LogP contribution in [0.2, 0.25) is 12.1 Å². The number of nitrogens with one attached hydrogen (secondary N) is 6. The van der Waals surface area contributed by atoms with E-state index >= 15 is 0 Å². The van der Waals surface area contributed by atoms with Gasteiger partial charge in [0.25, 0.3) is 0 Å². The Labute approximate surface area is 558 Å². The van der Waals surface area contributed by atoms with Gasteiger partial charge in [0.05, 0.1) is 63.8 Å². The number of fused-ring (bicyclic) bond motifs is 2. The summed E-state index contributed by atoms with van der Waals surface area (Å²) < 4.78 is 0. The van der Waals surface area contributed by atoms with Gasteiger partial charge in [-0.1, -0.05) is 25.7 Å². The zero-order valence-corrected chi connectivity index (χ0v) is 60.7. The number of hydrogen-bond donors (Lipinski definition) is 18. The van der Waals surface area contributed by atoms with Crippen molar-refractivity contribution in [3.63, 3.8) is 0 Å². The number of thioether (sulfide) groups is 8. The van der Waals surface area contributed by atoms with Crippen molar-refractivity contribution in [2.24, 2.45) is 0 Å². The van der Waals surface area contributed by atoms with E-state index < -0.39 is 17.6 Å². The van der Waals surface area contributed by atoms with Crippen LogP contribution in [0.3, 0.4) is 0 Å². The molecule has 4 saturated heterocycles. The van der Waals surface area contributed by atoms with E-state index in [9.17, 15) is 19.2 Å². The van der Waals surface area contributed by atoms with E-state index in [4.69, 9.17) is 59.4 Å². The molecule has 0 aromatic heterocycles. The van der Waals surface area contributed by atoms with E-state index in [-0.39, 0.29) is 144 Å². The van der Waals surface area contributed by atoms with Crippen LogP contribution in [0.5, 0.6) is 0 Å². The van der Waals surface area contributed by atoms with Crippen LogP contribution in [0, 0.1) is 0 Å². The van der Waals surface area contributed by atoms with Crippen LogP contribution in [0.15, 0.2) is 0 Å². The number of carbonyl (C=O) groups is 4. The maximum Gasteiger partial charge on any atom is 0.494 e. The molecule has 0 saturated carbocycles. The van der Waals surface area contributed by atoms with Crippen molar-refractivity contribution < 1.29 is 149 Å². The molecule has 20 N–H and O–H groups in total. The molecule has 4 aliphatic rings. The molecule has 4 rings (SSSR count). The first-order valence-corrected chi connectivity index (χ1v) is 39.6. The molecular formula is C44H100N6O17S8Si2Ti3. The van der Waals surface area contributed by atoms with E-state index in [1.54, 1.807) is 70.6 Å². The fourth-order valence-corrected chi connectivity index (χ4v) is 11.5. The van der Waals surface area contributed by atoms with Crippen LogP contribution in [0.1, 0.15) is 64.2 Å². The fourth-order valence-electron chi connectivity index (χ4n) is 6.37. The Balaban J connectivity index is -0.000000139. The summed E-state index contributed by atoms with van der Waals surface area (Å²) in [7, 11) is -8.10. The summed E-state index contributed by atoms with van der Waals surface area (Å²) in [4.78, 5) is 98.6. The smallest absolute Gasteiger partial charge is 0.412 e. The molecule has 4 fully saturated rings. The van der Waals surface area contributed by atoms with Crippen molar-refractivity contribution >= 4 is 136 Å². The number of aliphatic hydroxyl groups is 6. The van der Waals surface area contributed by atoms with Crippen molar-refractivity contribution in [3.8, 4) is 0 Å². The molecule has 80 heavy (non-hydrogen) atoms. The molecule has 4 heterocycles. The molecule has 0 aromatic carbocycles. The number of amides is 6. The van der Waals surface area contributed by atoms with Crippen molar-refractivity contribution in [2.75, 3.05) is 136 Å². The predicted octanol–water partition coefficient (Wildman–Crippen LogP) is -0.513. The largest absolute Gasteiger partial charge is 0.494 e. The van der Waals surface area contributed by atoms with Gasteiger partial charge in [-0.15, -0.1) is 0 Å². The molecule has 0 aromatic rings. The van der Waals surface area contributed by atoms with Gasteiger partial charge in [0, 0.05) is 160 Å². The summed E-state index contributed by atoms with van der Waals surface area (Å²) in [6, 6.07) is 0.476. The summed E-state index contributed by atoms with van der Waals surface area (Å²) in [6.45, 7) is 2.01. The molecule has 4 aliphatic heterocycles. The minimum atomic E-state index is -4.05. The van der Waals surface area contributed by atoms with Crippen LogP contribution in [-0.4, -0.2) is 277 Å². The van der Waals surface area contributed by atoms with Crippen LogP contribution < -0.4 is 31.9 Å².